The van der Waals surface area contributed by atoms with Crippen molar-refractivity contribution in [3.8, 4) is 5.69 Å². The monoisotopic (exact) mass is 589 g/mol. The van der Waals surface area contributed by atoms with Crippen LogP contribution in [0.3, 0.4) is 0 Å². The van der Waals surface area contributed by atoms with Gasteiger partial charge >= 0.3 is 0 Å². The van der Waals surface area contributed by atoms with Gasteiger partial charge in [-0.3, -0.25) is 19.8 Å². The molecule has 1 saturated heterocycles. The van der Waals surface area contributed by atoms with Crippen LogP contribution in [0.2, 0.25) is 0 Å². The molecule has 1 N–H and O–H groups in total. The number of non-ortho nitro benzene ring substituents is 1. The predicted octanol–water partition coefficient (Wildman–Crippen LogP) is 7.95. The van der Waals surface area contributed by atoms with Gasteiger partial charge in [0.25, 0.3) is 11.6 Å². The van der Waals surface area contributed by atoms with Crippen molar-refractivity contribution in [3.63, 3.8) is 0 Å². The fourth-order valence-corrected chi connectivity index (χ4v) is 6.56. The number of benzene rings is 3. The Morgan fingerprint density at radius 3 is 2.53 bits per heavy atom. The lowest BCUT2D eigenvalue weighted by molar-refractivity contribution is -0.384. The number of hydrogen-bond acceptors (Lipinski definition) is 5. The highest BCUT2D eigenvalue weighted by Gasteiger charge is 2.33. The number of carbonyl (C=O) groups is 1. The first-order chi connectivity index (χ1) is 20.7. The second-order valence-corrected chi connectivity index (χ2v) is 11.7. The van der Waals surface area contributed by atoms with Crippen LogP contribution in [-0.4, -0.2) is 37.0 Å². The molecule has 1 amide bonds. The summed E-state index contributed by atoms with van der Waals surface area (Å²) in [5.41, 5.74) is 9.41. The number of carbonyl (C=O) groups excluding carboxylic acids is 1. The van der Waals surface area contributed by atoms with E-state index in [9.17, 15) is 14.9 Å². The summed E-state index contributed by atoms with van der Waals surface area (Å²) < 4.78 is 2.24. The van der Waals surface area contributed by atoms with Crippen molar-refractivity contribution in [1.29, 1.82) is 0 Å². The van der Waals surface area contributed by atoms with Gasteiger partial charge in [0.15, 0.2) is 5.17 Å². The zero-order valence-corrected chi connectivity index (χ0v) is 25.2. The fraction of sp³-hybridized carbons (Fsp3) is 0.176. The summed E-state index contributed by atoms with van der Waals surface area (Å²) in [6.45, 7) is 8.84. The number of hydrogen-bond donors (Lipinski definition) is 1. The molecule has 1 aliphatic heterocycles. The van der Waals surface area contributed by atoms with Crippen molar-refractivity contribution in [2.24, 2.45) is 4.99 Å². The van der Waals surface area contributed by atoms with E-state index in [2.05, 4.69) is 67.6 Å². The Balaban J connectivity index is 1.35. The summed E-state index contributed by atoms with van der Waals surface area (Å²) in [7, 11) is 0. The molecular formula is C34H31N5O3S. The summed E-state index contributed by atoms with van der Waals surface area (Å²) in [6.07, 6.45) is 4.59. The van der Waals surface area contributed by atoms with Crippen LogP contribution in [0.4, 0.5) is 11.4 Å². The van der Waals surface area contributed by atoms with E-state index in [-0.39, 0.29) is 11.6 Å². The van der Waals surface area contributed by atoms with E-state index in [1.165, 1.54) is 35.0 Å². The van der Waals surface area contributed by atoms with Gasteiger partial charge in [-0.1, -0.05) is 30.3 Å². The van der Waals surface area contributed by atoms with Crippen LogP contribution in [0.25, 0.3) is 22.7 Å². The molecule has 0 unspecified atom stereocenters. The molecule has 216 valence electrons. The maximum absolute atomic E-state index is 13.9. The molecule has 9 heteroatoms. The van der Waals surface area contributed by atoms with Gasteiger partial charge in [0.2, 0.25) is 0 Å². The summed E-state index contributed by atoms with van der Waals surface area (Å²) in [4.78, 5) is 35.0. The number of para-hydroxylation sites is 1. The number of nitrogens with zero attached hydrogens (tertiary/aromatic N) is 4. The molecule has 1 fully saturated rings. The zero-order valence-electron chi connectivity index (χ0n) is 24.4. The van der Waals surface area contributed by atoms with Crippen molar-refractivity contribution in [2.45, 2.75) is 34.1 Å². The number of H-pyrrole nitrogens is 1. The number of rotatable bonds is 7. The number of nitro groups is 1. The number of nitro benzene ring substituents is 1. The number of aromatic nitrogens is 2. The molecule has 0 bridgehead atoms. The third kappa shape index (κ3) is 5.39. The third-order valence-electron chi connectivity index (χ3n) is 8.03. The Morgan fingerprint density at radius 2 is 1.77 bits per heavy atom. The Kier molecular flexibility index (Phi) is 7.50. The number of nitrogens with one attached hydrogen (secondary N) is 1. The molecule has 43 heavy (non-hydrogen) atoms. The van der Waals surface area contributed by atoms with E-state index in [4.69, 9.17) is 4.99 Å². The smallest absolute Gasteiger partial charge is 0.269 e. The lowest BCUT2D eigenvalue weighted by Crippen LogP contribution is -2.31. The number of thioether (sulfide) groups is 1. The summed E-state index contributed by atoms with van der Waals surface area (Å²) in [5.74, 6) is -0.109. The summed E-state index contributed by atoms with van der Waals surface area (Å²) in [6, 6.07) is 22.6. The summed E-state index contributed by atoms with van der Waals surface area (Å²) in [5, 5.41) is 12.8. The van der Waals surface area contributed by atoms with Crippen LogP contribution in [0.1, 0.15) is 33.6 Å². The van der Waals surface area contributed by atoms with Gasteiger partial charge in [-0.2, -0.15) is 0 Å². The van der Waals surface area contributed by atoms with Crippen LogP contribution in [0.5, 0.6) is 0 Å². The van der Waals surface area contributed by atoms with Gasteiger partial charge in [-0.15, -0.1) is 0 Å². The number of aryl methyl sites for hydroxylation is 2. The van der Waals surface area contributed by atoms with Gasteiger partial charge in [0.05, 0.1) is 15.5 Å². The number of aliphatic imine (C=N–C) groups is 1. The molecule has 0 aliphatic carbocycles. The first-order valence-electron chi connectivity index (χ1n) is 14.1. The minimum absolute atomic E-state index is 0.00455. The lowest BCUT2D eigenvalue weighted by Gasteiger charge is -2.15. The minimum atomic E-state index is -0.437. The second kappa shape index (κ2) is 11.4. The predicted molar refractivity (Wildman–Crippen MR) is 174 cm³/mol. The van der Waals surface area contributed by atoms with E-state index in [0.717, 1.165) is 39.1 Å². The molecule has 0 radical (unpaired) electrons. The van der Waals surface area contributed by atoms with E-state index in [0.29, 0.717) is 28.7 Å². The highest BCUT2D eigenvalue weighted by Crippen LogP contribution is 2.36. The molecule has 0 spiro atoms. The minimum Gasteiger partial charge on any atom is -0.361 e. The molecule has 3 heterocycles. The highest BCUT2D eigenvalue weighted by atomic mass is 32.2. The van der Waals surface area contributed by atoms with E-state index < -0.39 is 4.92 Å². The zero-order chi connectivity index (χ0) is 30.2. The second-order valence-electron chi connectivity index (χ2n) is 10.7. The van der Waals surface area contributed by atoms with Gasteiger partial charge in [0, 0.05) is 52.9 Å². The van der Waals surface area contributed by atoms with Crippen LogP contribution in [0.15, 0.2) is 88.9 Å². The molecule has 1 aliphatic rings. The van der Waals surface area contributed by atoms with Crippen LogP contribution >= 0.6 is 11.8 Å². The Morgan fingerprint density at radius 1 is 1.00 bits per heavy atom. The first-order valence-corrected chi connectivity index (χ1v) is 14.9. The molecule has 5 aromatic rings. The number of fused-ring (bicyclic) bond motifs is 1. The SMILES string of the molecule is Cc1cccc(-n2c(C)cc(/C=C3\SC(=Nc4ccc([N+](=O)[O-])cc4)N(CCc4c[nH]c5ccccc45)C3=O)c2C)c1C. The average Bonchev–Trinajstić information content (AvgIpc) is 3.62. The average molecular weight is 590 g/mol. The third-order valence-corrected chi connectivity index (χ3v) is 9.03. The number of amides is 1. The largest absolute Gasteiger partial charge is 0.361 e. The molecule has 0 atom stereocenters. The van der Waals surface area contributed by atoms with Crippen LogP contribution < -0.4 is 0 Å². The topological polar surface area (TPSA) is 96.5 Å². The quantitative estimate of drug-likeness (QED) is 0.118. The molecule has 6 rings (SSSR count). The van der Waals surface area contributed by atoms with Crippen molar-refractivity contribution in [2.75, 3.05) is 6.54 Å². The normalized spacial score (nSPS) is 15.3. The fourth-order valence-electron chi connectivity index (χ4n) is 5.54. The first kappa shape index (κ1) is 28.2. The number of amidine groups is 1. The molecule has 3 aromatic carbocycles. The van der Waals surface area contributed by atoms with Gasteiger partial charge in [-0.05, 0) is 105 Å². The van der Waals surface area contributed by atoms with Gasteiger partial charge in [0.1, 0.15) is 0 Å². The van der Waals surface area contributed by atoms with Crippen molar-refractivity contribution >= 4 is 51.2 Å². The van der Waals surface area contributed by atoms with Gasteiger partial charge in [-0.25, -0.2) is 4.99 Å². The molecule has 2 aromatic heterocycles. The van der Waals surface area contributed by atoms with Gasteiger partial charge < -0.3 is 9.55 Å². The Hall–Kier alpha value is -4.89. The standard InChI is InChI=1S/C34H31N5O3S/c1-21-8-7-11-31(23(21)3)38-22(2)18-26(24(38)4)19-32-33(40)37(17-16-25-20-35-30-10-6-5-9-29(25)30)34(43-32)36-27-12-14-28(15-13-27)39(41)42/h5-15,18-20,35H,16-17H2,1-4H3/b32-19-,36-34?. The maximum atomic E-state index is 13.9. The van der Waals surface area contributed by atoms with Crippen molar-refractivity contribution in [1.82, 2.24) is 14.5 Å². The Bertz CT molecular complexity index is 1950. The van der Waals surface area contributed by atoms with E-state index in [1.807, 2.05) is 30.5 Å². The van der Waals surface area contributed by atoms with Crippen molar-refractivity contribution < 1.29 is 9.72 Å². The maximum Gasteiger partial charge on any atom is 0.269 e. The molecular weight excluding hydrogens is 558 g/mol. The Labute approximate surface area is 253 Å². The molecule has 0 saturated carbocycles. The highest BCUT2D eigenvalue weighted by molar-refractivity contribution is 8.18. The number of aromatic amines is 1. The van der Waals surface area contributed by atoms with Crippen molar-refractivity contribution in [3.05, 3.63) is 128 Å². The van der Waals surface area contributed by atoms with Crippen LogP contribution in [-0.2, 0) is 11.2 Å². The lowest BCUT2D eigenvalue weighted by atomic mass is 10.1. The molecule has 8 nitrogen and oxygen atoms in total. The van der Waals surface area contributed by atoms with E-state index in [1.54, 1.807) is 17.0 Å². The van der Waals surface area contributed by atoms with Crippen LogP contribution in [0, 0.1) is 37.8 Å². The summed E-state index contributed by atoms with van der Waals surface area (Å²) >= 11 is 1.33. The van der Waals surface area contributed by atoms with E-state index >= 15 is 0 Å².